The number of hydrogen-bond donors (Lipinski definition) is 2. The highest BCUT2D eigenvalue weighted by molar-refractivity contribution is 5.75. The van der Waals surface area contributed by atoms with Gasteiger partial charge >= 0.3 is 11.8 Å². The molecular weight excluding hydrogens is 252 g/mol. The van der Waals surface area contributed by atoms with E-state index in [-0.39, 0.29) is 18.3 Å². The average molecular weight is 268 g/mol. The Morgan fingerprint density at radius 2 is 2.26 bits per heavy atom. The Hall–Kier alpha value is -2.38. The van der Waals surface area contributed by atoms with E-state index < -0.39 is 11.8 Å². The van der Waals surface area contributed by atoms with E-state index in [0.29, 0.717) is 24.0 Å². The number of hydrogen-bond acceptors (Lipinski definition) is 6. The number of carbonyl (C=O) groups is 2. The standard InChI is InChI=1S/C11H16N4O4/c1-2-9(16)13-5-3-7-19-11(18)15-8(12)4-6-14-10(15)17/h4,6H,2-3,5,7,12H2,1H3,(H,13,16). The van der Waals surface area contributed by atoms with Gasteiger partial charge in [-0.15, -0.1) is 0 Å². The van der Waals surface area contributed by atoms with Gasteiger partial charge in [0.05, 0.1) is 6.61 Å². The van der Waals surface area contributed by atoms with Crippen molar-refractivity contribution in [2.24, 2.45) is 0 Å². The number of anilines is 1. The zero-order valence-electron chi connectivity index (χ0n) is 10.6. The number of nitrogens with zero attached hydrogens (tertiary/aromatic N) is 2. The molecule has 1 aromatic rings. The van der Waals surface area contributed by atoms with Crippen LogP contribution in [0.1, 0.15) is 19.8 Å². The minimum Gasteiger partial charge on any atom is -0.449 e. The lowest BCUT2D eigenvalue weighted by Crippen LogP contribution is -2.32. The predicted octanol–water partition coefficient (Wildman–Crippen LogP) is -0.273. The monoisotopic (exact) mass is 268 g/mol. The van der Waals surface area contributed by atoms with Gasteiger partial charge in [-0.1, -0.05) is 6.92 Å². The molecule has 0 aliphatic heterocycles. The Kier molecular flexibility index (Phi) is 5.52. The van der Waals surface area contributed by atoms with Gasteiger partial charge < -0.3 is 15.8 Å². The predicted molar refractivity (Wildman–Crippen MR) is 67.6 cm³/mol. The van der Waals surface area contributed by atoms with Crippen LogP contribution in [0.25, 0.3) is 0 Å². The molecule has 3 N–H and O–H groups in total. The van der Waals surface area contributed by atoms with E-state index in [4.69, 9.17) is 10.5 Å². The molecule has 1 amide bonds. The number of ether oxygens (including phenoxy) is 1. The van der Waals surface area contributed by atoms with Crippen LogP contribution in [0.4, 0.5) is 10.6 Å². The first-order valence-corrected chi connectivity index (χ1v) is 5.83. The molecule has 1 aromatic heterocycles. The molecule has 0 saturated heterocycles. The van der Waals surface area contributed by atoms with Gasteiger partial charge in [0.15, 0.2) is 0 Å². The third-order valence-corrected chi connectivity index (χ3v) is 2.25. The minimum atomic E-state index is -0.877. The zero-order chi connectivity index (χ0) is 14.3. The van der Waals surface area contributed by atoms with Crippen LogP contribution in [0.2, 0.25) is 0 Å². The van der Waals surface area contributed by atoms with Gasteiger partial charge in [-0.25, -0.2) is 14.6 Å². The molecule has 0 aliphatic rings. The fraction of sp³-hybridized carbons (Fsp3) is 0.455. The van der Waals surface area contributed by atoms with Crippen molar-refractivity contribution in [1.29, 1.82) is 0 Å². The number of rotatable bonds is 5. The lowest BCUT2D eigenvalue weighted by atomic mass is 10.4. The number of nitrogens with one attached hydrogen (secondary N) is 1. The van der Waals surface area contributed by atoms with Crippen LogP contribution < -0.4 is 16.7 Å². The second-order valence-electron chi connectivity index (χ2n) is 3.66. The summed E-state index contributed by atoms with van der Waals surface area (Å²) in [6.07, 6.45) is 1.19. The first kappa shape index (κ1) is 14.7. The van der Waals surface area contributed by atoms with Crippen LogP contribution in [0.5, 0.6) is 0 Å². The Morgan fingerprint density at radius 1 is 1.53 bits per heavy atom. The van der Waals surface area contributed by atoms with Gasteiger partial charge in [-0.2, -0.15) is 4.57 Å². The Labute approximate surface area is 109 Å². The molecule has 0 unspecified atom stereocenters. The first-order chi connectivity index (χ1) is 9.06. The molecule has 8 nitrogen and oxygen atoms in total. The van der Waals surface area contributed by atoms with E-state index >= 15 is 0 Å². The molecule has 0 aromatic carbocycles. The molecule has 0 aliphatic carbocycles. The summed E-state index contributed by atoms with van der Waals surface area (Å²) >= 11 is 0. The number of nitrogen functional groups attached to an aromatic ring is 1. The van der Waals surface area contributed by atoms with Gasteiger partial charge in [-0.3, -0.25) is 4.79 Å². The third-order valence-electron chi connectivity index (χ3n) is 2.25. The number of carbonyl (C=O) groups excluding carboxylic acids is 2. The van der Waals surface area contributed by atoms with Gasteiger partial charge in [0, 0.05) is 19.2 Å². The van der Waals surface area contributed by atoms with Crippen molar-refractivity contribution in [1.82, 2.24) is 14.9 Å². The molecule has 0 saturated carbocycles. The van der Waals surface area contributed by atoms with Crippen molar-refractivity contribution in [2.45, 2.75) is 19.8 Å². The minimum absolute atomic E-state index is 0.0377. The van der Waals surface area contributed by atoms with Gasteiger partial charge in [0.2, 0.25) is 5.91 Å². The first-order valence-electron chi connectivity index (χ1n) is 5.83. The third kappa shape index (κ3) is 4.41. The van der Waals surface area contributed by atoms with Crippen LogP contribution in [-0.2, 0) is 9.53 Å². The molecule has 1 rings (SSSR count). The summed E-state index contributed by atoms with van der Waals surface area (Å²) in [6.45, 7) is 2.22. The van der Waals surface area contributed by atoms with Crippen molar-refractivity contribution < 1.29 is 14.3 Å². The Morgan fingerprint density at radius 3 is 2.89 bits per heavy atom. The molecule has 0 bridgehead atoms. The summed E-state index contributed by atoms with van der Waals surface area (Å²) in [6, 6.07) is 1.32. The second-order valence-corrected chi connectivity index (χ2v) is 3.66. The van der Waals surface area contributed by atoms with Crippen LogP contribution >= 0.6 is 0 Å². The van der Waals surface area contributed by atoms with Crippen molar-refractivity contribution in [2.75, 3.05) is 18.9 Å². The van der Waals surface area contributed by atoms with E-state index in [9.17, 15) is 14.4 Å². The second kappa shape index (κ2) is 7.14. The summed E-state index contributed by atoms with van der Waals surface area (Å²) < 4.78 is 5.50. The summed E-state index contributed by atoms with van der Waals surface area (Å²) in [5.74, 6) is -0.108. The summed E-state index contributed by atoms with van der Waals surface area (Å²) in [5, 5.41) is 2.63. The van der Waals surface area contributed by atoms with Crippen LogP contribution in [0, 0.1) is 0 Å². The van der Waals surface area contributed by atoms with E-state index in [2.05, 4.69) is 10.3 Å². The number of nitrogens with two attached hydrogens (primary N) is 1. The van der Waals surface area contributed by atoms with Crippen LogP contribution in [0.15, 0.2) is 17.1 Å². The summed E-state index contributed by atoms with van der Waals surface area (Å²) in [5.41, 5.74) is 4.69. The highest BCUT2D eigenvalue weighted by Crippen LogP contribution is 1.97. The zero-order valence-corrected chi connectivity index (χ0v) is 10.6. The highest BCUT2D eigenvalue weighted by atomic mass is 16.5. The maximum absolute atomic E-state index is 11.6. The Bertz CT molecular complexity index is 512. The van der Waals surface area contributed by atoms with E-state index in [1.807, 2.05) is 0 Å². The molecule has 0 atom stereocenters. The quantitative estimate of drug-likeness (QED) is 0.710. The van der Waals surface area contributed by atoms with Crippen molar-refractivity contribution in [3.05, 3.63) is 22.7 Å². The van der Waals surface area contributed by atoms with Crippen molar-refractivity contribution >= 4 is 17.8 Å². The smallest absolute Gasteiger partial charge is 0.423 e. The number of aromatic nitrogens is 2. The molecule has 104 valence electrons. The lowest BCUT2D eigenvalue weighted by molar-refractivity contribution is -0.120. The molecule has 0 fully saturated rings. The highest BCUT2D eigenvalue weighted by Gasteiger charge is 2.11. The Balaban J connectivity index is 2.40. The molecule has 8 heteroatoms. The molecule has 0 radical (unpaired) electrons. The lowest BCUT2D eigenvalue weighted by Gasteiger charge is -2.08. The van der Waals surface area contributed by atoms with E-state index in [1.165, 1.54) is 12.3 Å². The molecule has 1 heterocycles. The largest absolute Gasteiger partial charge is 0.449 e. The van der Waals surface area contributed by atoms with Crippen molar-refractivity contribution in [3.8, 4) is 0 Å². The fourth-order valence-electron chi connectivity index (χ4n) is 1.25. The van der Waals surface area contributed by atoms with E-state index in [1.54, 1.807) is 6.92 Å². The average Bonchev–Trinajstić information content (AvgIpc) is 2.37. The molecule has 19 heavy (non-hydrogen) atoms. The van der Waals surface area contributed by atoms with Crippen LogP contribution in [-0.4, -0.2) is 34.7 Å². The maximum atomic E-state index is 11.6. The van der Waals surface area contributed by atoms with Gasteiger partial charge in [0.1, 0.15) is 5.82 Å². The van der Waals surface area contributed by atoms with E-state index in [0.717, 1.165) is 0 Å². The number of amides is 1. The van der Waals surface area contributed by atoms with Gasteiger partial charge in [0.25, 0.3) is 0 Å². The summed E-state index contributed by atoms with van der Waals surface area (Å²) in [4.78, 5) is 37.2. The normalized spacial score (nSPS) is 9.95. The van der Waals surface area contributed by atoms with Gasteiger partial charge in [-0.05, 0) is 12.5 Å². The molecule has 0 spiro atoms. The topological polar surface area (TPSA) is 116 Å². The summed E-state index contributed by atoms with van der Waals surface area (Å²) in [7, 11) is 0. The SMILES string of the molecule is CCC(=O)NCCCOC(=O)n1c(N)ccnc1=O. The maximum Gasteiger partial charge on any atom is 0.423 e. The fourth-order valence-corrected chi connectivity index (χ4v) is 1.25. The van der Waals surface area contributed by atoms with Crippen molar-refractivity contribution in [3.63, 3.8) is 0 Å². The molecular formula is C11H16N4O4. The van der Waals surface area contributed by atoms with Crippen LogP contribution in [0.3, 0.4) is 0 Å².